The van der Waals surface area contributed by atoms with E-state index in [9.17, 15) is 27.5 Å². The van der Waals surface area contributed by atoms with Gasteiger partial charge in [-0.15, -0.1) is 0 Å². The number of carbonyl (C=O) groups excluding carboxylic acids is 1. The molecular formula is C28H24F4N4O3. The first kappa shape index (κ1) is 25.3. The van der Waals surface area contributed by atoms with E-state index in [1.54, 1.807) is 36.1 Å². The van der Waals surface area contributed by atoms with E-state index in [2.05, 4.69) is 15.4 Å². The summed E-state index contributed by atoms with van der Waals surface area (Å²) in [5, 5.41) is 19.7. The molecule has 1 aliphatic heterocycles. The Morgan fingerprint density at radius 1 is 1.15 bits per heavy atom. The summed E-state index contributed by atoms with van der Waals surface area (Å²) < 4.78 is 62.4. The van der Waals surface area contributed by atoms with Crippen LogP contribution >= 0.6 is 0 Å². The van der Waals surface area contributed by atoms with Gasteiger partial charge in [0, 0.05) is 35.3 Å². The van der Waals surface area contributed by atoms with Crippen molar-refractivity contribution in [1.29, 1.82) is 0 Å². The van der Waals surface area contributed by atoms with Gasteiger partial charge < -0.3 is 15.2 Å². The number of halogens is 4. The van der Waals surface area contributed by atoms with E-state index in [-0.39, 0.29) is 35.2 Å². The van der Waals surface area contributed by atoms with E-state index in [0.29, 0.717) is 24.0 Å². The molecule has 3 heterocycles. The Kier molecular flexibility index (Phi) is 5.87. The summed E-state index contributed by atoms with van der Waals surface area (Å²) in [6.07, 6.45) is -1.56. The zero-order valence-electron chi connectivity index (χ0n) is 20.8. The maximum absolute atomic E-state index is 13.9. The van der Waals surface area contributed by atoms with Crippen molar-refractivity contribution in [2.45, 2.75) is 30.5 Å². The van der Waals surface area contributed by atoms with Crippen molar-refractivity contribution in [2.24, 2.45) is 13.0 Å². The van der Waals surface area contributed by atoms with Gasteiger partial charge in [0.15, 0.2) is 0 Å². The number of hydrogen-bond donors (Lipinski definition) is 2. The minimum absolute atomic E-state index is 0.00540. The van der Waals surface area contributed by atoms with E-state index in [0.717, 1.165) is 10.9 Å². The van der Waals surface area contributed by atoms with Crippen molar-refractivity contribution in [3.05, 3.63) is 77.4 Å². The minimum Gasteiger partial charge on any atom is -0.490 e. The van der Waals surface area contributed by atoms with Crippen molar-refractivity contribution in [1.82, 2.24) is 20.1 Å². The first-order valence-electron chi connectivity index (χ1n) is 12.5. The predicted molar refractivity (Wildman–Crippen MR) is 134 cm³/mol. The first-order chi connectivity index (χ1) is 18.5. The van der Waals surface area contributed by atoms with Crippen LogP contribution in [0.25, 0.3) is 22.2 Å². The molecule has 4 aromatic rings. The Morgan fingerprint density at radius 3 is 2.59 bits per heavy atom. The van der Waals surface area contributed by atoms with Gasteiger partial charge in [-0.25, -0.2) is 9.37 Å². The number of aromatic nitrogens is 3. The van der Waals surface area contributed by atoms with Crippen LogP contribution < -0.4 is 10.1 Å². The number of nitrogens with one attached hydrogen (secondary N) is 1. The van der Waals surface area contributed by atoms with Gasteiger partial charge in [-0.05, 0) is 67.3 Å². The third-order valence-electron chi connectivity index (χ3n) is 7.38. The standard InChI is InChI=1S/C28H24F4N4O3/c1-36-12-17-10-16(4-9-22(17)35-36)26(37)33-14-27(38,18-5-6-18)23-11-20-21(28(30,31)32)13-39-25(20)24(34-23)15-2-7-19(29)8-3-15/h2-4,7-12,18,21,38H,5-6,13-14H2,1H3,(H,33,37)/t21-,27-/m1/s1. The second-order valence-corrected chi connectivity index (χ2v) is 10.1. The normalized spacial score (nSPS) is 18.5. The number of benzene rings is 2. The zero-order chi connectivity index (χ0) is 27.5. The van der Waals surface area contributed by atoms with Crippen LogP contribution in [0.3, 0.4) is 0 Å². The average Bonchev–Trinajstić information content (AvgIpc) is 3.55. The molecule has 2 aromatic carbocycles. The molecule has 0 spiro atoms. The summed E-state index contributed by atoms with van der Waals surface area (Å²) in [6.45, 7) is -0.874. The summed E-state index contributed by atoms with van der Waals surface area (Å²) >= 11 is 0. The quantitative estimate of drug-likeness (QED) is 0.342. The summed E-state index contributed by atoms with van der Waals surface area (Å²) in [7, 11) is 1.77. The smallest absolute Gasteiger partial charge is 0.399 e. The van der Waals surface area contributed by atoms with Crippen LogP contribution in [-0.4, -0.2) is 45.1 Å². The molecule has 1 fully saturated rings. The molecule has 0 unspecified atom stereocenters. The fourth-order valence-corrected chi connectivity index (χ4v) is 5.13. The highest BCUT2D eigenvalue weighted by Crippen LogP contribution is 2.51. The van der Waals surface area contributed by atoms with E-state index >= 15 is 0 Å². The lowest BCUT2D eigenvalue weighted by molar-refractivity contribution is -0.151. The van der Waals surface area contributed by atoms with Crippen LogP contribution in [0, 0.1) is 11.7 Å². The van der Waals surface area contributed by atoms with Crippen LogP contribution in [-0.2, 0) is 12.6 Å². The maximum atomic E-state index is 13.9. The third-order valence-corrected chi connectivity index (χ3v) is 7.38. The molecule has 1 aliphatic carbocycles. The number of pyridine rings is 1. The van der Waals surface area contributed by atoms with Gasteiger partial charge in [0.1, 0.15) is 35.4 Å². The fourth-order valence-electron chi connectivity index (χ4n) is 5.13. The molecule has 202 valence electrons. The number of fused-ring (bicyclic) bond motifs is 2. The Hall–Kier alpha value is -3.99. The molecule has 39 heavy (non-hydrogen) atoms. The van der Waals surface area contributed by atoms with Gasteiger partial charge in [-0.2, -0.15) is 18.3 Å². The molecular weight excluding hydrogens is 516 g/mol. The number of rotatable bonds is 6. The molecule has 0 radical (unpaired) electrons. The van der Waals surface area contributed by atoms with E-state index in [4.69, 9.17) is 4.74 Å². The number of aliphatic hydroxyl groups is 1. The van der Waals surface area contributed by atoms with Gasteiger partial charge in [-0.1, -0.05) is 0 Å². The van der Waals surface area contributed by atoms with Crippen LogP contribution in [0.1, 0.15) is 40.4 Å². The van der Waals surface area contributed by atoms with Crippen molar-refractivity contribution in [2.75, 3.05) is 13.2 Å². The SMILES string of the molecule is Cn1cc2cc(C(=O)NC[C@](O)(c3cc4c(c(-c5ccc(F)cc5)n3)OC[C@H]4C(F)(F)F)C3CC3)ccc2n1. The highest BCUT2D eigenvalue weighted by atomic mass is 19.4. The molecule has 2 atom stereocenters. The van der Waals surface area contributed by atoms with Crippen LogP contribution in [0.4, 0.5) is 17.6 Å². The minimum atomic E-state index is -4.58. The number of carbonyl (C=O) groups is 1. The lowest BCUT2D eigenvalue weighted by atomic mass is 9.88. The van der Waals surface area contributed by atoms with Gasteiger partial charge in [0.05, 0.1) is 17.8 Å². The lowest BCUT2D eigenvalue weighted by Gasteiger charge is -2.29. The molecule has 1 amide bonds. The van der Waals surface area contributed by atoms with E-state index in [1.807, 2.05) is 0 Å². The first-order valence-corrected chi connectivity index (χ1v) is 12.5. The Morgan fingerprint density at radius 2 is 1.90 bits per heavy atom. The Balaban J connectivity index is 1.37. The highest BCUT2D eigenvalue weighted by molar-refractivity contribution is 5.97. The number of amides is 1. The highest BCUT2D eigenvalue weighted by Gasteiger charge is 2.51. The lowest BCUT2D eigenvalue weighted by Crippen LogP contribution is -2.43. The van der Waals surface area contributed by atoms with E-state index < -0.39 is 36.0 Å². The maximum Gasteiger partial charge on any atom is 0.399 e. The second kappa shape index (κ2) is 9.04. The van der Waals surface area contributed by atoms with Gasteiger partial charge >= 0.3 is 6.18 Å². The van der Waals surface area contributed by atoms with Crippen molar-refractivity contribution < 1.29 is 32.2 Å². The zero-order valence-corrected chi connectivity index (χ0v) is 20.8. The molecule has 11 heteroatoms. The van der Waals surface area contributed by atoms with Gasteiger partial charge in [0.25, 0.3) is 5.91 Å². The average molecular weight is 541 g/mol. The number of nitrogens with zero attached hydrogens (tertiary/aromatic N) is 3. The van der Waals surface area contributed by atoms with Crippen molar-refractivity contribution in [3.8, 4) is 17.0 Å². The van der Waals surface area contributed by atoms with Crippen molar-refractivity contribution >= 4 is 16.8 Å². The molecule has 6 rings (SSSR count). The number of hydrogen-bond acceptors (Lipinski definition) is 5. The molecule has 0 saturated heterocycles. The molecule has 2 N–H and O–H groups in total. The monoisotopic (exact) mass is 540 g/mol. The molecule has 2 aromatic heterocycles. The topological polar surface area (TPSA) is 89.3 Å². The van der Waals surface area contributed by atoms with Crippen LogP contribution in [0.5, 0.6) is 5.75 Å². The molecule has 7 nitrogen and oxygen atoms in total. The summed E-state index contributed by atoms with van der Waals surface area (Å²) in [5.41, 5.74) is -0.346. The summed E-state index contributed by atoms with van der Waals surface area (Å²) in [4.78, 5) is 17.6. The molecule has 1 saturated carbocycles. The summed E-state index contributed by atoms with van der Waals surface area (Å²) in [5.74, 6) is -3.22. The fraction of sp³-hybridized carbons (Fsp3) is 0.321. The van der Waals surface area contributed by atoms with Crippen molar-refractivity contribution in [3.63, 3.8) is 0 Å². The molecule has 2 aliphatic rings. The van der Waals surface area contributed by atoms with Crippen LogP contribution in [0.15, 0.2) is 54.7 Å². The number of ether oxygens (including phenoxy) is 1. The summed E-state index contributed by atoms with van der Waals surface area (Å²) in [6, 6.07) is 11.4. The predicted octanol–water partition coefficient (Wildman–Crippen LogP) is 4.84. The van der Waals surface area contributed by atoms with Crippen LogP contribution in [0.2, 0.25) is 0 Å². The number of alkyl halides is 3. The second-order valence-electron chi connectivity index (χ2n) is 10.1. The number of aryl methyl sites for hydroxylation is 1. The van der Waals surface area contributed by atoms with Gasteiger partial charge in [0.2, 0.25) is 0 Å². The Labute approximate surface area is 220 Å². The Bertz CT molecular complexity index is 1580. The van der Waals surface area contributed by atoms with Gasteiger partial charge in [-0.3, -0.25) is 9.48 Å². The van der Waals surface area contributed by atoms with E-state index in [1.165, 1.54) is 30.3 Å². The molecule has 0 bridgehead atoms. The largest absolute Gasteiger partial charge is 0.490 e. The third kappa shape index (κ3) is 4.60.